The van der Waals surface area contributed by atoms with Gasteiger partial charge in [0.2, 0.25) is 0 Å². The molecule has 1 aliphatic carbocycles. The molecule has 4 atom stereocenters. The highest BCUT2D eigenvalue weighted by atomic mass is 28.3. The Hall–Kier alpha value is 0.354. The van der Waals surface area contributed by atoms with Crippen LogP contribution in [0.5, 0.6) is 0 Å². The first kappa shape index (κ1) is 24.4. The van der Waals surface area contributed by atoms with Crippen LogP contribution in [-0.4, -0.2) is 36.6 Å². The Balaban J connectivity index is 3.24. The summed E-state index contributed by atoms with van der Waals surface area (Å²) in [6, 6.07) is 0.611. The maximum atomic E-state index is 4.26. The standard InChI is InChI=1S/C22H50N2Si2/c1-16-17(24-26(12,13)19(5,6)7)14-21(10,15-23-18(2,3)4)22(11,25)20(16,8)9/h16-17,23-24H,14-15H2,1-13,25H3. The van der Waals surface area contributed by atoms with E-state index in [2.05, 4.69) is 99.6 Å². The second-order valence-electron chi connectivity index (χ2n) is 13.1. The van der Waals surface area contributed by atoms with Crippen molar-refractivity contribution in [3.8, 4) is 0 Å². The van der Waals surface area contributed by atoms with Crippen molar-refractivity contribution in [1.82, 2.24) is 10.3 Å². The van der Waals surface area contributed by atoms with Crippen molar-refractivity contribution in [3.63, 3.8) is 0 Å². The lowest BCUT2D eigenvalue weighted by Crippen LogP contribution is -2.66. The molecule has 0 aliphatic heterocycles. The molecule has 26 heavy (non-hydrogen) atoms. The Morgan fingerprint density at radius 3 is 1.85 bits per heavy atom. The predicted octanol–water partition coefficient (Wildman–Crippen LogP) is 4.95. The molecule has 4 unspecified atom stereocenters. The van der Waals surface area contributed by atoms with Crippen LogP contribution in [0.3, 0.4) is 0 Å². The maximum absolute atomic E-state index is 4.26. The van der Waals surface area contributed by atoms with Gasteiger partial charge < -0.3 is 10.3 Å². The molecular weight excluding hydrogens is 348 g/mol. The number of hydrogen-bond donors (Lipinski definition) is 2. The molecule has 4 heteroatoms. The molecule has 1 saturated carbocycles. The third-order valence-electron chi connectivity index (χ3n) is 8.96. The lowest BCUT2D eigenvalue weighted by Gasteiger charge is -2.64. The maximum Gasteiger partial charge on any atom is 0.125 e. The zero-order chi connectivity index (χ0) is 21.0. The van der Waals surface area contributed by atoms with Crippen LogP contribution < -0.4 is 10.3 Å². The summed E-state index contributed by atoms with van der Waals surface area (Å²) in [6.45, 7) is 33.0. The SMILES string of the molecule is CC1C(N[Si](C)(C)C(C)(C)C)CC(C)(CNC(C)(C)C)C(C)([SiH3])C1(C)C. The van der Waals surface area contributed by atoms with Gasteiger partial charge in [0.1, 0.15) is 8.24 Å². The monoisotopic (exact) mass is 398 g/mol. The highest BCUT2D eigenvalue weighted by Gasteiger charge is 2.59. The first-order valence-electron chi connectivity index (χ1n) is 10.7. The molecule has 0 spiro atoms. The second-order valence-corrected chi connectivity index (χ2v) is 20.2. The zero-order valence-corrected chi connectivity index (χ0v) is 23.6. The van der Waals surface area contributed by atoms with Gasteiger partial charge in [-0.3, -0.25) is 0 Å². The quantitative estimate of drug-likeness (QED) is 0.654. The Morgan fingerprint density at radius 1 is 1.00 bits per heavy atom. The van der Waals surface area contributed by atoms with Gasteiger partial charge in [-0.05, 0) is 54.0 Å². The minimum absolute atomic E-state index is 0.177. The van der Waals surface area contributed by atoms with Crippen LogP contribution in [0.4, 0.5) is 0 Å². The van der Waals surface area contributed by atoms with Gasteiger partial charge in [-0.15, -0.1) is 0 Å². The van der Waals surface area contributed by atoms with Crippen molar-refractivity contribution in [1.29, 1.82) is 0 Å². The van der Waals surface area contributed by atoms with Crippen LogP contribution in [0.15, 0.2) is 0 Å². The van der Waals surface area contributed by atoms with Crippen LogP contribution >= 0.6 is 0 Å². The highest BCUT2D eigenvalue weighted by molar-refractivity contribution is 6.77. The van der Waals surface area contributed by atoms with Crippen molar-refractivity contribution in [3.05, 3.63) is 0 Å². The van der Waals surface area contributed by atoms with E-state index >= 15 is 0 Å². The molecule has 0 heterocycles. The molecule has 1 rings (SSSR count). The first-order chi connectivity index (χ1) is 11.2. The van der Waals surface area contributed by atoms with E-state index in [1.165, 1.54) is 16.7 Å². The van der Waals surface area contributed by atoms with Crippen molar-refractivity contribution < 1.29 is 0 Å². The summed E-state index contributed by atoms with van der Waals surface area (Å²) in [6.07, 6.45) is 1.28. The molecule has 1 fully saturated rings. The summed E-state index contributed by atoms with van der Waals surface area (Å²) in [7, 11) is -0.291. The average molecular weight is 399 g/mol. The lowest BCUT2D eigenvalue weighted by atomic mass is 9.51. The molecule has 2 nitrogen and oxygen atoms in total. The molecule has 2 N–H and O–H groups in total. The minimum Gasteiger partial charge on any atom is -0.334 e. The topological polar surface area (TPSA) is 24.1 Å². The fraction of sp³-hybridized carbons (Fsp3) is 1.00. The van der Waals surface area contributed by atoms with Gasteiger partial charge in [-0.2, -0.15) is 0 Å². The van der Waals surface area contributed by atoms with Gasteiger partial charge in [0.25, 0.3) is 0 Å². The minimum atomic E-state index is -1.52. The van der Waals surface area contributed by atoms with Gasteiger partial charge in [0, 0.05) is 28.4 Å². The van der Waals surface area contributed by atoms with E-state index in [4.69, 9.17) is 0 Å². The van der Waals surface area contributed by atoms with Crippen molar-refractivity contribution >= 4 is 18.5 Å². The molecule has 0 aromatic carbocycles. The fourth-order valence-corrected chi connectivity index (χ4v) is 6.92. The summed E-state index contributed by atoms with van der Waals surface area (Å²) in [5.74, 6) is 0.696. The Labute approximate surface area is 169 Å². The van der Waals surface area contributed by atoms with Gasteiger partial charge in [0.15, 0.2) is 0 Å². The van der Waals surface area contributed by atoms with Crippen LogP contribution in [-0.2, 0) is 0 Å². The molecule has 1 aliphatic rings. The van der Waals surface area contributed by atoms with Gasteiger partial charge in [-0.1, -0.05) is 68.5 Å². The third-order valence-corrected chi connectivity index (χ3v) is 16.3. The van der Waals surface area contributed by atoms with Crippen molar-refractivity contribution in [2.24, 2.45) is 16.7 Å². The number of hydrogen-bond acceptors (Lipinski definition) is 2. The summed E-state index contributed by atoms with van der Waals surface area (Å²) >= 11 is 0. The Bertz CT molecular complexity index is 497. The van der Waals surface area contributed by atoms with Crippen LogP contribution in [0.1, 0.15) is 82.6 Å². The molecule has 0 aromatic rings. The molecular formula is C22H50N2Si2. The number of nitrogens with one attached hydrogen (secondary N) is 2. The lowest BCUT2D eigenvalue weighted by molar-refractivity contribution is -0.0323. The molecule has 0 saturated heterocycles. The predicted molar refractivity (Wildman–Crippen MR) is 126 cm³/mol. The van der Waals surface area contributed by atoms with E-state index in [9.17, 15) is 0 Å². The van der Waals surface area contributed by atoms with Crippen LogP contribution in [0, 0.1) is 16.7 Å². The van der Waals surface area contributed by atoms with Gasteiger partial charge >= 0.3 is 0 Å². The molecule has 156 valence electrons. The van der Waals surface area contributed by atoms with E-state index in [0.29, 0.717) is 32.9 Å². The van der Waals surface area contributed by atoms with E-state index in [1.807, 2.05) is 0 Å². The fourth-order valence-electron chi connectivity index (χ4n) is 4.38. The number of rotatable bonds is 4. The van der Waals surface area contributed by atoms with Crippen LogP contribution in [0.25, 0.3) is 0 Å². The normalized spacial score (nSPS) is 36.3. The van der Waals surface area contributed by atoms with E-state index in [-0.39, 0.29) is 5.54 Å². The summed E-state index contributed by atoms with van der Waals surface area (Å²) in [5, 5.41) is 4.64. The van der Waals surface area contributed by atoms with Crippen molar-refractivity contribution in [2.45, 2.75) is 117 Å². The second kappa shape index (κ2) is 7.00. The summed E-state index contributed by atoms with van der Waals surface area (Å²) < 4.78 is 0. The van der Waals surface area contributed by atoms with Crippen LogP contribution in [0.2, 0.25) is 23.2 Å². The largest absolute Gasteiger partial charge is 0.334 e. The van der Waals surface area contributed by atoms with Crippen molar-refractivity contribution in [2.75, 3.05) is 6.54 Å². The van der Waals surface area contributed by atoms with Gasteiger partial charge in [0.05, 0.1) is 0 Å². The highest BCUT2D eigenvalue weighted by Crippen LogP contribution is 2.65. The van der Waals surface area contributed by atoms with E-state index in [1.54, 1.807) is 0 Å². The summed E-state index contributed by atoms with van der Waals surface area (Å²) in [4.78, 5) is 4.26. The smallest absolute Gasteiger partial charge is 0.125 e. The molecule has 0 radical (unpaired) electrons. The van der Waals surface area contributed by atoms with E-state index < -0.39 is 8.24 Å². The molecule has 0 aromatic heterocycles. The molecule has 0 amide bonds. The Kier molecular flexibility index (Phi) is 6.57. The Morgan fingerprint density at radius 2 is 1.46 bits per heavy atom. The van der Waals surface area contributed by atoms with E-state index in [0.717, 1.165) is 6.54 Å². The molecule has 0 bridgehead atoms. The summed E-state index contributed by atoms with van der Waals surface area (Å²) in [5.41, 5.74) is 0.838. The third kappa shape index (κ3) is 4.50. The first-order valence-corrected chi connectivity index (χ1v) is 14.7. The average Bonchev–Trinajstić information content (AvgIpc) is 2.39. The zero-order valence-electron chi connectivity index (χ0n) is 20.6. The van der Waals surface area contributed by atoms with Gasteiger partial charge in [-0.25, -0.2) is 0 Å².